The van der Waals surface area contributed by atoms with E-state index in [0.29, 0.717) is 32.1 Å². The number of hydrogen-bond acceptors (Lipinski definition) is 6. The molecule has 3 rings (SSSR count). The summed E-state index contributed by atoms with van der Waals surface area (Å²) in [6.45, 7) is 2.37. The molecule has 1 amide bonds. The Bertz CT molecular complexity index is 441. The second-order valence-corrected chi connectivity index (χ2v) is 4.25. The highest BCUT2D eigenvalue weighted by atomic mass is 16.6. The van der Waals surface area contributed by atoms with Crippen LogP contribution in [0.2, 0.25) is 0 Å². The smallest absolute Gasteiger partial charge is 0.407 e. The normalized spacial score (nSPS) is 18.9. The fraction of sp³-hybridized carbons (Fsp3) is 0.636. The van der Waals surface area contributed by atoms with E-state index in [4.69, 9.17) is 18.7 Å². The van der Waals surface area contributed by atoms with E-state index in [1.807, 2.05) is 0 Å². The molecule has 18 heavy (non-hydrogen) atoms. The van der Waals surface area contributed by atoms with Crippen molar-refractivity contribution in [3.8, 4) is 0 Å². The zero-order valence-corrected chi connectivity index (χ0v) is 9.81. The van der Waals surface area contributed by atoms with E-state index >= 15 is 0 Å². The second kappa shape index (κ2) is 4.95. The first-order valence-electron chi connectivity index (χ1n) is 5.89. The molecule has 1 N–H and O–H groups in total. The average Bonchev–Trinajstić information content (AvgIpc) is 2.75. The average molecular weight is 254 g/mol. The van der Waals surface area contributed by atoms with Crippen molar-refractivity contribution in [1.29, 1.82) is 0 Å². The molecule has 0 saturated carbocycles. The lowest BCUT2D eigenvalue weighted by Crippen LogP contribution is -2.40. The Morgan fingerprint density at radius 1 is 1.44 bits per heavy atom. The van der Waals surface area contributed by atoms with Crippen LogP contribution in [-0.2, 0) is 33.8 Å². The Morgan fingerprint density at radius 3 is 3.11 bits per heavy atom. The zero-order valence-electron chi connectivity index (χ0n) is 9.81. The molecule has 7 heteroatoms. The summed E-state index contributed by atoms with van der Waals surface area (Å²) in [7, 11) is 0. The Hall–Kier alpha value is -1.60. The van der Waals surface area contributed by atoms with Crippen LogP contribution in [0.15, 0.2) is 4.52 Å². The highest BCUT2D eigenvalue weighted by Gasteiger charge is 2.24. The van der Waals surface area contributed by atoms with E-state index < -0.39 is 6.09 Å². The first kappa shape index (κ1) is 11.5. The monoisotopic (exact) mass is 254 g/mol. The minimum absolute atomic E-state index is 0.125. The minimum atomic E-state index is -0.461. The maximum absolute atomic E-state index is 11.4. The third-order valence-corrected chi connectivity index (χ3v) is 2.95. The van der Waals surface area contributed by atoms with Crippen LogP contribution >= 0.6 is 0 Å². The van der Waals surface area contributed by atoms with Crippen LogP contribution in [-0.4, -0.2) is 37.2 Å². The lowest BCUT2D eigenvalue weighted by Gasteiger charge is -2.25. The minimum Gasteiger partial charge on any atom is -0.441 e. The van der Waals surface area contributed by atoms with Crippen molar-refractivity contribution < 1.29 is 23.5 Å². The van der Waals surface area contributed by atoms with Crippen LogP contribution in [0.1, 0.15) is 17.0 Å². The number of rotatable bonds is 3. The maximum atomic E-state index is 11.4. The molecule has 1 aromatic rings. The van der Waals surface area contributed by atoms with Crippen molar-refractivity contribution in [3.63, 3.8) is 0 Å². The highest BCUT2D eigenvalue weighted by molar-refractivity contribution is 5.67. The molecule has 0 atom stereocenters. The Kier molecular flexibility index (Phi) is 3.16. The van der Waals surface area contributed by atoms with Gasteiger partial charge in [-0.05, 0) is 0 Å². The van der Waals surface area contributed by atoms with Gasteiger partial charge in [0, 0.05) is 12.0 Å². The van der Waals surface area contributed by atoms with Crippen LogP contribution in [0.5, 0.6) is 0 Å². The first-order valence-corrected chi connectivity index (χ1v) is 5.89. The number of carbonyl (C=O) groups is 1. The van der Waals surface area contributed by atoms with Gasteiger partial charge in [0.2, 0.25) is 0 Å². The molecule has 1 aromatic heterocycles. The van der Waals surface area contributed by atoms with Gasteiger partial charge in [0.15, 0.2) is 6.10 Å². The molecule has 2 aliphatic rings. The Labute approximate surface area is 103 Å². The molecule has 0 aromatic carbocycles. The third-order valence-electron chi connectivity index (χ3n) is 2.95. The standard InChI is InChI=1S/C11H14N2O5/c14-11(17-7-4-16-5-7)12-3-9-8-6-15-2-1-10(8)18-13-9/h7H,1-6H2,(H,12,14). The fourth-order valence-corrected chi connectivity index (χ4v) is 1.85. The summed E-state index contributed by atoms with van der Waals surface area (Å²) in [5.74, 6) is 0.846. The van der Waals surface area contributed by atoms with Crippen LogP contribution in [0.4, 0.5) is 4.79 Å². The predicted molar refractivity (Wildman–Crippen MR) is 57.8 cm³/mol. The molecule has 2 aliphatic heterocycles. The van der Waals surface area contributed by atoms with Crippen LogP contribution in [0, 0.1) is 0 Å². The SMILES string of the molecule is O=C(NCc1noc2c1COCC2)OC1COC1. The van der Waals surface area contributed by atoms with Crippen molar-refractivity contribution in [3.05, 3.63) is 17.0 Å². The molecule has 1 saturated heterocycles. The molecule has 0 spiro atoms. The Balaban J connectivity index is 1.53. The number of hydrogen-bond donors (Lipinski definition) is 1. The van der Waals surface area contributed by atoms with Gasteiger partial charge in [0.1, 0.15) is 11.5 Å². The van der Waals surface area contributed by atoms with E-state index in [2.05, 4.69) is 10.5 Å². The molecule has 3 heterocycles. The molecule has 0 radical (unpaired) electrons. The summed E-state index contributed by atoms with van der Waals surface area (Å²) in [4.78, 5) is 11.4. The number of fused-ring (bicyclic) bond motifs is 1. The summed E-state index contributed by atoms with van der Waals surface area (Å²) in [6.07, 6.45) is 0.142. The van der Waals surface area contributed by atoms with Crippen molar-refractivity contribution in [2.45, 2.75) is 25.7 Å². The van der Waals surface area contributed by atoms with Crippen molar-refractivity contribution in [2.24, 2.45) is 0 Å². The third kappa shape index (κ3) is 2.32. The van der Waals surface area contributed by atoms with E-state index in [9.17, 15) is 4.79 Å². The molecule has 0 bridgehead atoms. The fourth-order valence-electron chi connectivity index (χ4n) is 1.85. The second-order valence-electron chi connectivity index (χ2n) is 4.25. The van der Waals surface area contributed by atoms with Crippen molar-refractivity contribution in [2.75, 3.05) is 19.8 Å². The topological polar surface area (TPSA) is 82.8 Å². The van der Waals surface area contributed by atoms with Gasteiger partial charge in [-0.15, -0.1) is 0 Å². The molecule has 98 valence electrons. The number of aromatic nitrogens is 1. The van der Waals surface area contributed by atoms with E-state index in [1.165, 1.54) is 0 Å². The van der Waals surface area contributed by atoms with Gasteiger partial charge < -0.3 is 24.1 Å². The van der Waals surface area contributed by atoms with Crippen molar-refractivity contribution in [1.82, 2.24) is 10.5 Å². The van der Waals surface area contributed by atoms with Crippen molar-refractivity contribution >= 4 is 6.09 Å². The molecular weight excluding hydrogens is 240 g/mol. The summed E-state index contributed by atoms with van der Waals surface area (Å²) in [5.41, 5.74) is 1.64. The quantitative estimate of drug-likeness (QED) is 0.839. The van der Waals surface area contributed by atoms with Crippen LogP contribution < -0.4 is 5.32 Å². The maximum Gasteiger partial charge on any atom is 0.407 e. The number of nitrogens with zero attached hydrogens (tertiary/aromatic N) is 1. The number of ether oxygens (including phenoxy) is 3. The summed E-state index contributed by atoms with van der Waals surface area (Å²) in [5, 5.41) is 6.57. The summed E-state index contributed by atoms with van der Waals surface area (Å²) in [6, 6.07) is 0. The molecule has 7 nitrogen and oxygen atoms in total. The van der Waals surface area contributed by atoms with Crippen LogP contribution in [0.25, 0.3) is 0 Å². The zero-order chi connectivity index (χ0) is 12.4. The Morgan fingerprint density at radius 2 is 2.33 bits per heavy atom. The summed E-state index contributed by atoms with van der Waals surface area (Å²) >= 11 is 0. The van der Waals surface area contributed by atoms with Gasteiger partial charge in [-0.25, -0.2) is 4.79 Å². The molecule has 1 fully saturated rings. The van der Waals surface area contributed by atoms with Gasteiger partial charge in [0.25, 0.3) is 0 Å². The van der Waals surface area contributed by atoms with Gasteiger partial charge in [-0.2, -0.15) is 0 Å². The van der Waals surface area contributed by atoms with E-state index in [1.54, 1.807) is 0 Å². The largest absolute Gasteiger partial charge is 0.441 e. The number of amides is 1. The lowest BCUT2D eigenvalue weighted by atomic mass is 10.1. The van der Waals surface area contributed by atoms with E-state index in [0.717, 1.165) is 17.7 Å². The van der Waals surface area contributed by atoms with Crippen LogP contribution in [0.3, 0.4) is 0 Å². The first-order chi connectivity index (χ1) is 8.83. The lowest BCUT2D eigenvalue weighted by molar-refractivity contribution is -0.0980. The molecule has 0 aliphatic carbocycles. The number of alkyl carbamates (subject to hydrolysis) is 1. The predicted octanol–water partition coefficient (Wildman–Crippen LogP) is 0.372. The number of nitrogens with one attached hydrogen (secondary N) is 1. The van der Waals surface area contributed by atoms with E-state index in [-0.39, 0.29) is 12.6 Å². The molecular formula is C11H14N2O5. The molecule has 0 unspecified atom stereocenters. The highest BCUT2D eigenvalue weighted by Crippen LogP contribution is 2.20. The van der Waals surface area contributed by atoms with Gasteiger partial charge >= 0.3 is 6.09 Å². The van der Waals surface area contributed by atoms with Gasteiger partial charge in [-0.3, -0.25) is 0 Å². The number of carbonyl (C=O) groups excluding carboxylic acids is 1. The summed E-state index contributed by atoms with van der Waals surface area (Å²) < 4.78 is 20.5. The van der Waals surface area contributed by atoms with Gasteiger partial charge in [0.05, 0.1) is 33.0 Å². The van der Waals surface area contributed by atoms with Gasteiger partial charge in [-0.1, -0.05) is 5.16 Å².